The number of hydrogen-bond acceptors (Lipinski definition) is 6. The lowest BCUT2D eigenvalue weighted by Gasteiger charge is -2.36. The van der Waals surface area contributed by atoms with Crippen LogP contribution in [0.5, 0.6) is 0 Å². The molecule has 2 unspecified atom stereocenters. The van der Waals surface area contributed by atoms with Gasteiger partial charge in [0.25, 0.3) is 0 Å². The van der Waals surface area contributed by atoms with Crippen molar-refractivity contribution in [3.8, 4) is 0 Å². The number of carbonyl (C=O) groups is 2. The van der Waals surface area contributed by atoms with Crippen LogP contribution < -0.4 is 5.48 Å². The second-order valence-corrected chi connectivity index (χ2v) is 8.79. The Morgan fingerprint density at radius 2 is 1.84 bits per heavy atom. The van der Waals surface area contributed by atoms with E-state index in [2.05, 4.69) is 5.48 Å². The molecule has 146 valence electrons. The topological polar surface area (TPSA) is 88.1 Å². The van der Waals surface area contributed by atoms with Gasteiger partial charge < -0.3 is 14.6 Å². The van der Waals surface area contributed by atoms with Gasteiger partial charge in [0.1, 0.15) is 17.5 Å². The number of nitrogens with zero attached hydrogens (tertiary/aromatic N) is 1. The summed E-state index contributed by atoms with van der Waals surface area (Å²) in [5, 5.41) is 10.0. The van der Waals surface area contributed by atoms with Gasteiger partial charge >= 0.3 is 6.09 Å². The molecule has 0 aromatic heterocycles. The summed E-state index contributed by atoms with van der Waals surface area (Å²) >= 11 is 0. The van der Waals surface area contributed by atoms with Gasteiger partial charge in [-0.15, -0.1) is 0 Å². The van der Waals surface area contributed by atoms with Crippen LogP contribution in [-0.4, -0.2) is 58.3 Å². The number of amides is 1. The molecule has 0 aromatic rings. The van der Waals surface area contributed by atoms with E-state index in [1.165, 1.54) is 4.90 Å². The van der Waals surface area contributed by atoms with Crippen LogP contribution in [0.4, 0.5) is 4.79 Å². The van der Waals surface area contributed by atoms with Gasteiger partial charge in [0.05, 0.1) is 11.6 Å². The lowest BCUT2D eigenvalue weighted by atomic mass is 9.90. The third kappa shape index (κ3) is 6.56. The summed E-state index contributed by atoms with van der Waals surface area (Å²) in [4.78, 5) is 30.6. The van der Waals surface area contributed by atoms with Gasteiger partial charge in [0.2, 0.25) is 0 Å². The predicted octanol–water partition coefficient (Wildman–Crippen LogP) is 2.27. The Hall–Kier alpha value is -1.18. The molecular formula is C18H34N2O5. The van der Waals surface area contributed by atoms with Crippen molar-refractivity contribution < 1.29 is 24.3 Å². The smallest absolute Gasteiger partial charge is 0.410 e. The zero-order valence-corrected chi connectivity index (χ0v) is 16.6. The molecule has 7 nitrogen and oxygen atoms in total. The maximum absolute atomic E-state index is 12.2. The molecule has 0 aliphatic carbocycles. The van der Waals surface area contributed by atoms with E-state index < -0.39 is 28.9 Å². The van der Waals surface area contributed by atoms with Crippen LogP contribution in [0.15, 0.2) is 0 Å². The van der Waals surface area contributed by atoms with Crippen molar-refractivity contribution in [2.24, 2.45) is 5.92 Å². The molecule has 0 bridgehead atoms. The van der Waals surface area contributed by atoms with Crippen molar-refractivity contribution in [3.63, 3.8) is 0 Å². The molecule has 2 N–H and O–H groups in total. The Balaban J connectivity index is 2.47. The van der Waals surface area contributed by atoms with Crippen molar-refractivity contribution in [1.29, 1.82) is 0 Å². The number of nitrogens with one attached hydrogen (secondary N) is 1. The lowest BCUT2D eigenvalue weighted by molar-refractivity contribution is -0.183. The van der Waals surface area contributed by atoms with Crippen molar-refractivity contribution in [2.45, 2.75) is 84.2 Å². The Bertz CT molecular complexity index is 465. The first-order chi connectivity index (χ1) is 11.3. The van der Waals surface area contributed by atoms with Gasteiger partial charge in [-0.1, -0.05) is 0 Å². The summed E-state index contributed by atoms with van der Waals surface area (Å²) in [5.74, 6) is 0.198. The molecule has 0 spiro atoms. The number of aliphatic hydroxyl groups is 1. The van der Waals surface area contributed by atoms with E-state index >= 15 is 0 Å². The molecule has 0 aromatic carbocycles. The van der Waals surface area contributed by atoms with E-state index in [-0.39, 0.29) is 5.92 Å². The van der Waals surface area contributed by atoms with Crippen LogP contribution in [0.2, 0.25) is 0 Å². The first-order valence-electron chi connectivity index (χ1n) is 8.85. The van der Waals surface area contributed by atoms with Gasteiger partial charge in [0.15, 0.2) is 0 Å². The summed E-state index contributed by atoms with van der Waals surface area (Å²) in [6, 6.07) is -0.436. The minimum atomic E-state index is -0.983. The highest BCUT2D eigenvalue weighted by atomic mass is 16.7. The summed E-state index contributed by atoms with van der Waals surface area (Å²) in [6.45, 7) is 13.5. The molecule has 1 aliphatic heterocycles. The zero-order chi connectivity index (χ0) is 19.5. The second-order valence-electron chi connectivity index (χ2n) is 8.79. The molecule has 2 atom stereocenters. The Labute approximate surface area is 151 Å². The fourth-order valence-electron chi connectivity index (χ4n) is 2.44. The molecule has 7 heteroatoms. The zero-order valence-electron chi connectivity index (χ0n) is 16.6. The average molecular weight is 358 g/mol. The average Bonchev–Trinajstić information content (AvgIpc) is 2.84. The van der Waals surface area contributed by atoms with Gasteiger partial charge in [0, 0.05) is 13.1 Å². The molecule has 1 saturated heterocycles. The van der Waals surface area contributed by atoms with Gasteiger partial charge in [-0.2, -0.15) is 0 Å². The molecule has 1 heterocycles. The highest BCUT2D eigenvalue weighted by molar-refractivity contribution is 5.74. The maximum atomic E-state index is 12.2. The number of hydroxylamine groups is 1. The number of ether oxygens (including phenoxy) is 1. The van der Waals surface area contributed by atoms with Crippen LogP contribution in [0.25, 0.3) is 0 Å². The molecule has 1 fully saturated rings. The SMILES string of the molecule is CC(C)(C)OC(=O)N1CC(CCNOC(C)(C)C(C)(C)O)CC1C=O. The Kier molecular flexibility index (Phi) is 7.01. The maximum Gasteiger partial charge on any atom is 0.410 e. The van der Waals surface area contributed by atoms with Crippen LogP contribution in [-0.2, 0) is 14.4 Å². The number of hydrogen-bond donors (Lipinski definition) is 2. The third-order valence-electron chi connectivity index (χ3n) is 4.67. The second kappa shape index (κ2) is 8.01. The van der Waals surface area contributed by atoms with Crippen molar-refractivity contribution in [2.75, 3.05) is 13.1 Å². The molecule has 0 radical (unpaired) electrons. The van der Waals surface area contributed by atoms with Crippen LogP contribution in [0.3, 0.4) is 0 Å². The largest absolute Gasteiger partial charge is 0.444 e. The standard InChI is InChI=1S/C18H34N2O5/c1-16(2,3)24-15(22)20-11-13(10-14(20)12-21)8-9-19-25-18(6,7)17(4,5)23/h12-14,19,23H,8-11H2,1-7H3. The molecule has 1 aliphatic rings. The Morgan fingerprint density at radius 3 is 2.32 bits per heavy atom. The number of aldehydes is 1. The van der Waals surface area contributed by atoms with Crippen LogP contribution in [0.1, 0.15) is 61.3 Å². The van der Waals surface area contributed by atoms with E-state index in [1.54, 1.807) is 34.6 Å². The Morgan fingerprint density at radius 1 is 1.24 bits per heavy atom. The molecule has 1 rings (SSSR count). The highest BCUT2D eigenvalue weighted by Crippen LogP contribution is 2.27. The monoisotopic (exact) mass is 358 g/mol. The third-order valence-corrected chi connectivity index (χ3v) is 4.67. The molecule has 1 amide bonds. The molecule has 0 saturated carbocycles. The predicted molar refractivity (Wildman–Crippen MR) is 95.0 cm³/mol. The summed E-state index contributed by atoms with van der Waals surface area (Å²) in [5.41, 5.74) is 0.586. The highest BCUT2D eigenvalue weighted by Gasteiger charge is 2.38. The normalized spacial score (nSPS) is 22.2. The number of likely N-dealkylation sites (tertiary alicyclic amines) is 1. The first-order valence-corrected chi connectivity index (χ1v) is 8.85. The molecule has 25 heavy (non-hydrogen) atoms. The summed E-state index contributed by atoms with van der Waals surface area (Å²) in [6.07, 6.45) is 1.75. The van der Waals surface area contributed by atoms with Crippen molar-refractivity contribution in [1.82, 2.24) is 10.4 Å². The van der Waals surface area contributed by atoms with Crippen LogP contribution in [0, 0.1) is 5.92 Å². The minimum Gasteiger partial charge on any atom is -0.444 e. The number of rotatable bonds is 7. The summed E-state index contributed by atoms with van der Waals surface area (Å²) in [7, 11) is 0. The number of carbonyl (C=O) groups excluding carboxylic acids is 2. The minimum absolute atomic E-state index is 0.198. The van der Waals surface area contributed by atoms with Crippen molar-refractivity contribution >= 4 is 12.4 Å². The van der Waals surface area contributed by atoms with E-state index in [1.807, 2.05) is 13.8 Å². The fraction of sp³-hybridized carbons (Fsp3) is 0.889. The van der Waals surface area contributed by atoms with Gasteiger partial charge in [-0.25, -0.2) is 10.3 Å². The van der Waals surface area contributed by atoms with Crippen molar-refractivity contribution in [3.05, 3.63) is 0 Å². The van der Waals surface area contributed by atoms with E-state index in [9.17, 15) is 14.7 Å². The van der Waals surface area contributed by atoms with E-state index in [4.69, 9.17) is 9.57 Å². The summed E-state index contributed by atoms with van der Waals surface area (Å²) < 4.78 is 5.37. The van der Waals surface area contributed by atoms with Gasteiger partial charge in [-0.3, -0.25) is 9.74 Å². The quantitative estimate of drug-likeness (QED) is 0.412. The fourth-order valence-corrected chi connectivity index (χ4v) is 2.44. The first kappa shape index (κ1) is 21.9. The lowest BCUT2D eigenvalue weighted by Crippen LogP contribution is -2.50. The van der Waals surface area contributed by atoms with Crippen LogP contribution >= 0.6 is 0 Å². The van der Waals surface area contributed by atoms with E-state index in [0.717, 1.165) is 12.7 Å². The van der Waals surface area contributed by atoms with Gasteiger partial charge in [-0.05, 0) is 67.2 Å². The van der Waals surface area contributed by atoms with E-state index in [0.29, 0.717) is 19.5 Å². The molecular weight excluding hydrogens is 324 g/mol.